The number of hydrogen-bond acceptors (Lipinski definition) is 5. The lowest BCUT2D eigenvalue weighted by molar-refractivity contribution is 0.311. The van der Waals surface area contributed by atoms with Crippen molar-refractivity contribution in [2.24, 2.45) is 5.84 Å². The molecule has 7 heteroatoms. The molecular formula is C11H11Cl2N3OS. The summed E-state index contributed by atoms with van der Waals surface area (Å²) in [5.74, 6) is 5.95. The number of nitrogens with zero attached hydrogens (tertiary/aromatic N) is 1. The van der Waals surface area contributed by atoms with E-state index in [0.29, 0.717) is 28.3 Å². The van der Waals surface area contributed by atoms with Crippen molar-refractivity contribution in [1.29, 1.82) is 0 Å². The summed E-state index contributed by atoms with van der Waals surface area (Å²) < 4.78 is 5.52. The Morgan fingerprint density at radius 2 is 2.22 bits per heavy atom. The van der Waals surface area contributed by atoms with Crippen molar-refractivity contribution < 1.29 is 4.74 Å². The summed E-state index contributed by atoms with van der Waals surface area (Å²) in [5, 5.41) is 2.75. The smallest absolute Gasteiger partial charge is 0.234 e. The van der Waals surface area contributed by atoms with Gasteiger partial charge in [-0.3, -0.25) is 0 Å². The maximum absolute atomic E-state index is 5.98. The molecule has 2 aromatic heterocycles. The number of hydrazine groups is 1. The minimum Gasteiger partial charge on any atom is -0.476 e. The first-order valence-corrected chi connectivity index (χ1v) is 6.82. The molecule has 18 heavy (non-hydrogen) atoms. The molecule has 2 heterocycles. The average Bonchev–Trinajstić information content (AvgIpc) is 2.85. The van der Waals surface area contributed by atoms with Gasteiger partial charge in [-0.25, -0.2) is 5.84 Å². The monoisotopic (exact) mass is 303 g/mol. The number of nitrogens with one attached hydrogen (secondary N) is 1. The molecule has 0 spiro atoms. The number of nitrogens with two attached hydrogens (primary N) is 1. The first kappa shape index (κ1) is 13.4. The second-order valence-corrected chi connectivity index (χ2v) is 5.27. The van der Waals surface area contributed by atoms with Crippen molar-refractivity contribution in [3.63, 3.8) is 0 Å². The van der Waals surface area contributed by atoms with Gasteiger partial charge in [0, 0.05) is 11.3 Å². The van der Waals surface area contributed by atoms with Crippen LogP contribution in [0.3, 0.4) is 0 Å². The molecule has 0 saturated carbocycles. The highest BCUT2D eigenvalue weighted by Gasteiger charge is 2.09. The summed E-state index contributed by atoms with van der Waals surface area (Å²) in [6.45, 7) is 0.499. The van der Waals surface area contributed by atoms with Crippen molar-refractivity contribution in [3.8, 4) is 5.88 Å². The lowest BCUT2D eigenvalue weighted by atomic mass is 10.4. The quantitative estimate of drug-likeness (QED) is 0.657. The fourth-order valence-corrected chi connectivity index (χ4v) is 2.51. The molecular weight excluding hydrogens is 293 g/mol. The number of ether oxygens (including phenoxy) is 1. The second-order valence-electron chi connectivity index (χ2n) is 3.43. The number of rotatable bonds is 5. The second kappa shape index (κ2) is 6.24. The number of pyridine rings is 1. The molecule has 0 bridgehead atoms. The van der Waals surface area contributed by atoms with Crippen LogP contribution >= 0.6 is 34.5 Å². The predicted octanol–water partition coefficient (Wildman–Crippen LogP) is 3.36. The van der Waals surface area contributed by atoms with Gasteiger partial charge in [0.1, 0.15) is 5.02 Å². The Labute approximate surface area is 119 Å². The number of thiophene rings is 1. The van der Waals surface area contributed by atoms with E-state index in [1.807, 2.05) is 11.4 Å². The Hall–Kier alpha value is -1.01. The molecule has 0 amide bonds. The van der Waals surface area contributed by atoms with Crippen LogP contribution in [0.5, 0.6) is 5.88 Å². The van der Waals surface area contributed by atoms with E-state index < -0.39 is 0 Å². The third-order valence-corrected chi connectivity index (χ3v) is 3.70. The lowest BCUT2D eigenvalue weighted by Crippen LogP contribution is -2.10. The van der Waals surface area contributed by atoms with Gasteiger partial charge >= 0.3 is 0 Å². The Morgan fingerprint density at radius 1 is 1.39 bits per heavy atom. The normalized spacial score (nSPS) is 10.4. The van der Waals surface area contributed by atoms with Crippen LogP contribution in [0.15, 0.2) is 23.6 Å². The van der Waals surface area contributed by atoms with Gasteiger partial charge in [0.25, 0.3) is 0 Å². The Morgan fingerprint density at radius 3 is 2.89 bits per heavy atom. The average molecular weight is 304 g/mol. The fourth-order valence-electron chi connectivity index (χ4n) is 1.36. The molecule has 96 valence electrons. The minimum atomic E-state index is 0.325. The van der Waals surface area contributed by atoms with E-state index in [4.69, 9.17) is 33.8 Å². The van der Waals surface area contributed by atoms with Crippen LogP contribution in [0.2, 0.25) is 10.0 Å². The minimum absolute atomic E-state index is 0.325. The van der Waals surface area contributed by atoms with Crippen molar-refractivity contribution in [2.45, 2.75) is 6.42 Å². The van der Waals surface area contributed by atoms with Gasteiger partial charge < -0.3 is 10.2 Å². The third kappa shape index (κ3) is 3.26. The summed E-state index contributed by atoms with van der Waals surface area (Å²) >= 11 is 13.5. The number of halogens is 2. The first-order chi connectivity index (χ1) is 8.70. The van der Waals surface area contributed by atoms with Crippen LogP contribution < -0.4 is 16.0 Å². The van der Waals surface area contributed by atoms with E-state index in [0.717, 1.165) is 6.42 Å². The van der Waals surface area contributed by atoms with Crippen molar-refractivity contribution >= 4 is 40.4 Å². The van der Waals surface area contributed by atoms with Crippen LogP contribution in [-0.2, 0) is 6.42 Å². The predicted molar refractivity (Wildman–Crippen MR) is 75.6 cm³/mol. The zero-order valence-corrected chi connectivity index (χ0v) is 11.6. The third-order valence-electron chi connectivity index (χ3n) is 2.20. The molecule has 0 fully saturated rings. The molecule has 2 rings (SSSR count). The van der Waals surface area contributed by atoms with Crippen LogP contribution in [-0.4, -0.2) is 11.6 Å². The summed E-state index contributed by atoms with van der Waals surface area (Å²) in [7, 11) is 0. The molecule has 0 radical (unpaired) electrons. The van der Waals surface area contributed by atoms with E-state index in [1.165, 1.54) is 4.88 Å². The zero-order chi connectivity index (χ0) is 13.0. The summed E-state index contributed by atoms with van der Waals surface area (Å²) in [5.41, 5.74) is 2.39. The number of nitrogen functional groups attached to an aromatic ring is 1. The Kier molecular flexibility index (Phi) is 4.66. The van der Waals surface area contributed by atoms with E-state index >= 15 is 0 Å². The molecule has 0 atom stereocenters. The van der Waals surface area contributed by atoms with E-state index in [1.54, 1.807) is 17.4 Å². The Bertz CT molecular complexity index is 519. The van der Waals surface area contributed by atoms with Crippen LogP contribution in [0.25, 0.3) is 0 Å². The lowest BCUT2D eigenvalue weighted by Gasteiger charge is -2.09. The molecule has 3 N–H and O–H groups in total. The topological polar surface area (TPSA) is 60.2 Å². The highest BCUT2D eigenvalue weighted by molar-refractivity contribution is 7.09. The number of anilines is 1. The first-order valence-electron chi connectivity index (χ1n) is 5.18. The largest absolute Gasteiger partial charge is 0.476 e. The molecule has 0 aliphatic heterocycles. The fraction of sp³-hybridized carbons (Fsp3) is 0.182. The number of aromatic nitrogens is 1. The molecule has 0 saturated heterocycles. The van der Waals surface area contributed by atoms with Gasteiger partial charge in [-0.15, -0.1) is 11.3 Å². The summed E-state index contributed by atoms with van der Waals surface area (Å²) in [6.07, 6.45) is 0.809. The summed E-state index contributed by atoms with van der Waals surface area (Å²) in [6, 6.07) is 5.60. The van der Waals surface area contributed by atoms with Gasteiger partial charge in [0.15, 0.2) is 5.82 Å². The van der Waals surface area contributed by atoms with Crippen LogP contribution in [0, 0.1) is 0 Å². The molecule has 0 aliphatic rings. The summed E-state index contributed by atoms with van der Waals surface area (Å²) in [4.78, 5) is 5.34. The molecule has 0 aliphatic carbocycles. The van der Waals surface area contributed by atoms with Gasteiger partial charge in [0.2, 0.25) is 5.88 Å². The van der Waals surface area contributed by atoms with Crippen molar-refractivity contribution in [2.75, 3.05) is 12.0 Å². The molecule has 0 aromatic carbocycles. The van der Waals surface area contributed by atoms with Crippen molar-refractivity contribution in [1.82, 2.24) is 4.98 Å². The number of hydrogen-bond donors (Lipinski definition) is 2. The van der Waals surface area contributed by atoms with E-state index in [-0.39, 0.29) is 0 Å². The van der Waals surface area contributed by atoms with Crippen molar-refractivity contribution in [3.05, 3.63) is 38.5 Å². The molecule has 4 nitrogen and oxygen atoms in total. The van der Waals surface area contributed by atoms with E-state index in [9.17, 15) is 0 Å². The highest BCUT2D eigenvalue weighted by Crippen LogP contribution is 2.30. The maximum atomic E-state index is 5.98. The van der Waals surface area contributed by atoms with Gasteiger partial charge in [-0.1, -0.05) is 29.3 Å². The maximum Gasteiger partial charge on any atom is 0.234 e. The van der Waals surface area contributed by atoms with Gasteiger partial charge in [-0.05, 0) is 17.5 Å². The Balaban J connectivity index is 2.00. The van der Waals surface area contributed by atoms with Crippen LogP contribution in [0.1, 0.15) is 4.88 Å². The standard InChI is InChI=1S/C11H11Cl2N3OS/c12-8-6-9(13)11(15-10(8)16-14)17-4-3-7-2-1-5-18-7/h1-2,5-6H,3-4,14H2,(H,15,16). The molecule has 2 aromatic rings. The van der Waals surface area contributed by atoms with Gasteiger partial charge in [-0.2, -0.15) is 4.98 Å². The van der Waals surface area contributed by atoms with Gasteiger partial charge in [0.05, 0.1) is 11.6 Å². The molecule has 0 unspecified atom stereocenters. The SMILES string of the molecule is NNc1nc(OCCc2cccs2)c(Cl)cc1Cl. The van der Waals surface area contributed by atoms with E-state index in [2.05, 4.69) is 16.5 Å². The highest BCUT2D eigenvalue weighted by atomic mass is 35.5. The van der Waals surface area contributed by atoms with Crippen LogP contribution in [0.4, 0.5) is 5.82 Å². The zero-order valence-electron chi connectivity index (χ0n) is 9.32.